The Labute approximate surface area is 158 Å². The summed E-state index contributed by atoms with van der Waals surface area (Å²) in [6, 6.07) is 0. The molecular weight excluding hydrogens is 319 g/mol. The molecular formula is C13H22N2NaO7-. The molecule has 0 aromatic rings. The van der Waals surface area contributed by atoms with Gasteiger partial charge in [-0.25, -0.2) is 0 Å². The molecule has 0 radical (unpaired) electrons. The zero-order valence-electron chi connectivity index (χ0n) is 14.1. The predicted molar refractivity (Wildman–Crippen MR) is 75.5 cm³/mol. The van der Waals surface area contributed by atoms with Crippen molar-refractivity contribution in [2.45, 2.75) is 13.8 Å². The molecule has 23 heavy (non-hydrogen) atoms. The van der Waals surface area contributed by atoms with Gasteiger partial charge in [0.2, 0.25) is 12.8 Å². The molecule has 0 saturated heterocycles. The van der Waals surface area contributed by atoms with Crippen molar-refractivity contribution >= 4 is 24.8 Å². The van der Waals surface area contributed by atoms with E-state index in [0.29, 0.717) is 19.4 Å². The average Bonchev–Trinajstić information content (AvgIpc) is 2.46. The molecule has 10 heteroatoms. The van der Waals surface area contributed by atoms with Crippen LogP contribution in [-0.4, -0.2) is 73.9 Å². The van der Waals surface area contributed by atoms with E-state index in [1.165, 1.54) is 19.0 Å². The molecule has 128 valence electrons. The molecule has 0 aliphatic carbocycles. The first kappa shape index (κ1) is 29.6. The number of rotatable bonds is 8. The number of hydrogen-bond acceptors (Lipinski definition) is 7. The summed E-state index contributed by atoms with van der Waals surface area (Å²) in [5, 5.41) is 0. The van der Waals surface area contributed by atoms with Gasteiger partial charge in [0.05, 0.1) is 13.2 Å². The van der Waals surface area contributed by atoms with E-state index < -0.39 is 5.97 Å². The molecule has 0 spiro atoms. The summed E-state index contributed by atoms with van der Waals surface area (Å²) >= 11 is 0. The molecule has 2 amide bonds. The Hall–Kier alpha value is -1.42. The second-order valence-electron chi connectivity index (χ2n) is 3.65. The molecule has 0 atom stereocenters. The van der Waals surface area contributed by atoms with Crippen LogP contribution >= 0.6 is 0 Å². The second-order valence-corrected chi connectivity index (χ2v) is 3.65. The number of ether oxygens (including phenoxy) is 2. The number of carbonyl (C=O) groups is 4. The van der Waals surface area contributed by atoms with Crippen molar-refractivity contribution < 1.29 is 63.7 Å². The second kappa shape index (κ2) is 18.6. The zero-order chi connectivity index (χ0) is 16.8. The van der Waals surface area contributed by atoms with Gasteiger partial charge in [0, 0.05) is 14.1 Å². The molecule has 0 aromatic heterocycles. The summed E-state index contributed by atoms with van der Waals surface area (Å²) in [7, 11) is 2.89. The minimum Gasteiger partial charge on any atom is -0.870 e. The summed E-state index contributed by atoms with van der Waals surface area (Å²) in [4.78, 5) is 43.6. The van der Waals surface area contributed by atoms with E-state index >= 15 is 0 Å². The Kier molecular flexibility index (Phi) is 24.0. The van der Waals surface area contributed by atoms with Gasteiger partial charge in [0.1, 0.15) is 6.54 Å². The molecule has 0 heterocycles. The number of carbonyl (C=O) groups excluding carboxylic acids is 4. The summed E-state index contributed by atoms with van der Waals surface area (Å²) in [6.07, 6.45) is 1.02. The summed E-state index contributed by atoms with van der Waals surface area (Å²) in [5.41, 5.74) is -0.207. The zero-order valence-corrected chi connectivity index (χ0v) is 16.1. The van der Waals surface area contributed by atoms with E-state index in [2.05, 4.69) is 9.47 Å². The first-order valence-corrected chi connectivity index (χ1v) is 6.12. The van der Waals surface area contributed by atoms with Crippen molar-refractivity contribution in [1.29, 1.82) is 0 Å². The van der Waals surface area contributed by atoms with Crippen LogP contribution in [0.3, 0.4) is 0 Å². The first-order chi connectivity index (χ1) is 9.83. The fraction of sp³-hybridized carbons (Fsp3) is 0.538. The molecule has 0 bridgehead atoms. The molecule has 0 rings (SSSR count). The topological polar surface area (TPSA) is 123 Å². The van der Waals surface area contributed by atoms with Gasteiger partial charge < -0.3 is 29.5 Å². The molecule has 0 saturated carbocycles. The quantitative estimate of drug-likeness (QED) is 0.147. The Balaban J connectivity index is -0.000000145. The predicted octanol–water partition coefficient (Wildman–Crippen LogP) is -3.58. The maximum atomic E-state index is 10.8. The summed E-state index contributed by atoms with van der Waals surface area (Å²) < 4.78 is 9.10. The van der Waals surface area contributed by atoms with Crippen LogP contribution in [0.2, 0.25) is 0 Å². The number of likely N-dealkylation sites (N-methyl/N-ethyl adjacent to an activating group) is 2. The molecule has 0 aliphatic rings. The largest absolute Gasteiger partial charge is 1.00 e. The Morgan fingerprint density at radius 2 is 1.52 bits per heavy atom. The van der Waals surface area contributed by atoms with Crippen molar-refractivity contribution in [1.82, 2.24) is 9.80 Å². The third kappa shape index (κ3) is 16.8. The van der Waals surface area contributed by atoms with Crippen molar-refractivity contribution in [3.05, 3.63) is 12.3 Å². The maximum Gasteiger partial charge on any atom is 1.00 e. The van der Waals surface area contributed by atoms with Gasteiger partial charge in [-0.1, -0.05) is 5.70 Å². The minimum absolute atomic E-state index is 0. The maximum absolute atomic E-state index is 10.8. The Morgan fingerprint density at radius 1 is 1.04 bits per heavy atom. The van der Waals surface area contributed by atoms with Crippen LogP contribution in [0.1, 0.15) is 13.8 Å². The number of nitrogens with zero attached hydrogens (tertiary/aromatic N) is 2. The van der Waals surface area contributed by atoms with E-state index in [9.17, 15) is 19.2 Å². The fourth-order valence-electron chi connectivity index (χ4n) is 0.853. The van der Waals surface area contributed by atoms with Crippen LogP contribution in [0.5, 0.6) is 0 Å². The van der Waals surface area contributed by atoms with Crippen LogP contribution in [0, 0.1) is 6.58 Å². The van der Waals surface area contributed by atoms with Crippen LogP contribution < -0.4 is 29.6 Å². The van der Waals surface area contributed by atoms with Crippen LogP contribution in [0.25, 0.3) is 0 Å². The van der Waals surface area contributed by atoms with Crippen molar-refractivity contribution in [2.75, 3.05) is 33.9 Å². The van der Waals surface area contributed by atoms with Gasteiger partial charge in [0.25, 0.3) is 0 Å². The number of hydrogen-bond donors (Lipinski definition) is 0. The molecule has 1 N–H and O–H groups in total. The third-order valence-corrected chi connectivity index (χ3v) is 1.89. The SMILES string of the molecule is CCOC(=O)CN(C)C=O.[CH-]=C(C(=O)OCC)N(C)C=O.[Na+].[OH-]. The van der Waals surface area contributed by atoms with Gasteiger partial charge in [-0.15, -0.1) is 0 Å². The van der Waals surface area contributed by atoms with Gasteiger partial charge in [0.15, 0.2) is 5.97 Å². The normalized spacial score (nSPS) is 7.83. The summed E-state index contributed by atoms with van der Waals surface area (Å²) in [5.74, 6) is -1.06. The van der Waals surface area contributed by atoms with Gasteiger partial charge >= 0.3 is 35.5 Å². The van der Waals surface area contributed by atoms with E-state index in [1.807, 2.05) is 0 Å². The molecule has 0 aliphatic heterocycles. The van der Waals surface area contributed by atoms with E-state index in [4.69, 9.17) is 6.58 Å². The Bertz CT molecular complexity index is 377. The smallest absolute Gasteiger partial charge is 0.870 e. The molecule has 0 aromatic carbocycles. The molecule has 0 fully saturated rings. The van der Waals surface area contributed by atoms with Crippen molar-refractivity contribution in [3.63, 3.8) is 0 Å². The Morgan fingerprint density at radius 3 is 1.87 bits per heavy atom. The third-order valence-electron chi connectivity index (χ3n) is 1.89. The molecule has 0 unspecified atom stereocenters. The monoisotopic (exact) mass is 341 g/mol. The number of amides is 2. The first-order valence-electron chi connectivity index (χ1n) is 6.12. The fourth-order valence-corrected chi connectivity index (χ4v) is 0.853. The standard InChI is InChI=1S/C7H10NO3.C6H11NO3.Na.H2O/c1-4-11-7(10)6(2)8(3)5-9;1-3-10-6(9)4-7(2)5-8;;/h2,5H,4H2,1,3H3;5H,3-4H2,1-2H3;;1H2/q-1;;+1;/p-1. The van der Waals surface area contributed by atoms with Crippen LogP contribution in [-0.2, 0) is 28.7 Å². The summed E-state index contributed by atoms with van der Waals surface area (Å²) in [6.45, 7) is 9.19. The van der Waals surface area contributed by atoms with Crippen LogP contribution in [0.4, 0.5) is 0 Å². The van der Waals surface area contributed by atoms with E-state index in [0.717, 1.165) is 4.90 Å². The van der Waals surface area contributed by atoms with E-state index in [1.54, 1.807) is 13.8 Å². The average molecular weight is 341 g/mol. The molecule has 9 nitrogen and oxygen atoms in total. The van der Waals surface area contributed by atoms with Gasteiger partial charge in [-0.3, -0.25) is 21.0 Å². The minimum atomic E-state index is -0.679. The van der Waals surface area contributed by atoms with Crippen LogP contribution in [0.15, 0.2) is 5.70 Å². The van der Waals surface area contributed by atoms with Gasteiger partial charge in [-0.2, -0.15) is 0 Å². The number of esters is 2. The van der Waals surface area contributed by atoms with Crippen molar-refractivity contribution in [2.24, 2.45) is 0 Å². The van der Waals surface area contributed by atoms with E-state index in [-0.39, 0.29) is 59.9 Å². The van der Waals surface area contributed by atoms with Gasteiger partial charge in [-0.05, 0) is 13.8 Å². The van der Waals surface area contributed by atoms with Crippen molar-refractivity contribution in [3.8, 4) is 0 Å².